The number of carbonyl (C=O) groups is 2. The fraction of sp³-hybridized carbons (Fsp3) is 0.300. The molecule has 1 aliphatic heterocycles. The number of hydrogen-bond donors (Lipinski definition) is 1. The first-order chi connectivity index (χ1) is 12.1. The zero-order valence-electron chi connectivity index (χ0n) is 14.0. The van der Waals surface area contributed by atoms with Crippen LogP contribution in [-0.4, -0.2) is 36.3 Å². The molecule has 1 saturated heterocycles. The summed E-state index contributed by atoms with van der Waals surface area (Å²) in [4.78, 5) is 26.2. The minimum Gasteiger partial charge on any atom is -0.343 e. The van der Waals surface area contributed by atoms with Crippen LogP contribution in [0.2, 0.25) is 0 Å². The maximum Gasteiger partial charge on any atom is 0.254 e. The molecule has 3 rings (SSSR count). The van der Waals surface area contributed by atoms with Crippen molar-refractivity contribution < 1.29 is 14.0 Å². The summed E-state index contributed by atoms with van der Waals surface area (Å²) in [5.74, 6) is -1.28. The van der Waals surface area contributed by atoms with Crippen molar-refractivity contribution in [2.24, 2.45) is 0 Å². The van der Waals surface area contributed by atoms with Crippen molar-refractivity contribution in [3.8, 4) is 11.1 Å². The predicted octanol–water partition coefficient (Wildman–Crippen LogP) is 3.24. The number of piperidine rings is 1. The number of likely N-dealkylation sites (tertiary alicyclic amines) is 1. The van der Waals surface area contributed by atoms with Crippen molar-refractivity contribution in [3.05, 3.63) is 59.9 Å². The van der Waals surface area contributed by atoms with Crippen LogP contribution in [0.3, 0.4) is 0 Å². The third kappa shape index (κ3) is 4.24. The largest absolute Gasteiger partial charge is 0.343 e. The Bertz CT molecular complexity index is 756. The van der Waals surface area contributed by atoms with Gasteiger partial charge >= 0.3 is 0 Å². The van der Waals surface area contributed by atoms with E-state index in [2.05, 4.69) is 5.32 Å². The summed E-state index contributed by atoms with van der Waals surface area (Å²) in [6.07, 6.45) is 3.12. The van der Waals surface area contributed by atoms with E-state index in [1.54, 1.807) is 11.0 Å². The van der Waals surface area contributed by atoms with Crippen LogP contribution in [-0.2, 0) is 4.79 Å². The first kappa shape index (κ1) is 17.1. The lowest BCUT2D eigenvalue weighted by Gasteiger charge is -2.26. The Hall–Kier alpha value is -2.69. The van der Waals surface area contributed by atoms with Crippen molar-refractivity contribution in [3.63, 3.8) is 0 Å². The Labute approximate surface area is 146 Å². The van der Waals surface area contributed by atoms with E-state index in [0.717, 1.165) is 43.5 Å². The maximum absolute atomic E-state index is 14.1. The van der Waals surface area contributed by atoms with Gasteiger partial charge in [0.05, 0.1) is 12.1 Å². The highest BCUT2D eigenvalue weighted by Crippen LogP contribution is 2.22. The molecule has 0 radical (unpaired) electrons. The minimum atomic E-state index is -0.595. The van der Waals surface area contributed by atoms with Crippen LogP contribution >= 0.6 is 0 Å². The van der Waals surface area contributed by atoms with Gasteiger partial charge in [0.15, 0.2) is 0 Å². The third-order valence-corrected chi connectivity index (χ3v) is 4.43. The van der Waals surface area contributed by atoms with Gasteiger partial charge < -0.3 is 10.2 Å². The highest BCUT2D eigenvalue weighted by atomic mass is 19.1. The van der Waals surface area contributed by atoms with Crippen LogP contribution in [0.5, 0.6) is 0 Å². The van der Waals surface area contributed by atoms with E-state index in [0.29, 0.717) is 0 Å². The highest BCUT2D eigenvalue weighted by molar-refractivity contribution is 5.97. The second-order valence-corrected chi connectivity index (χ2v) is 6.18. The summed E-state index contributed by atoms with van der Waals surface area (Å²) in [6.45, 7) is 1.35. The van der Waals surface area contributed by atoms with Gasteiger partial charge in [-0.2, -0.15) is 0 Å². The van der Waals surface area contributed by atoms with Crippen LogP contribution in [0.4, 0.5) is 4.39 Å². The fourth-order valence-corrected chi connectivity index (χ4v) is 3.02. The lowest BCUT2D eigenvalue weighted by atomic mass is 10.0. The number of nitrogens with one attached hydrogen (secondary N) is 1. The second kappa shape index (κ2) is 7.92. The molecule has 0 spiro atoms. The van der Waals surface area contributed by atoms with Gasteiger partial charge in [-0.25, -0.2) is 4.39 Å². The summed E-state index contributed by atoms with van der Waals surface area (Å²) in [7, 11) is 0. The number of rotatable bonds is 4. The van der Waals surface area contributed by atoms with Crippen LogP contribution in [0, 0.1) is 5.82 Å². The van der Waals surface area contributed by atoms with Crippen LogP contribution < -0.4 is 5.32 Å². The summed E-state index contributed by atoms with van der Waals surface area (Å²) in [6, 6.07) is 13.9. The lowest BCUT2D eigenvalue weighted by molar-refractivity contribution is -0.130. The highest BCUT2D eigenvalue weighted by Gasteiger charge is 2.18. The molecular weight excluding hydrogens is 319 g/mol. The molecule has 0 unspecified atom stereocenters. The number of halogens is 1. The maximum atomic E-state index is 14.1. The quantitative estimate of drug-likeness (QED) is 0.929. The van der Waals surface area contributed by atoms with Crippen molar-refractivity contribution in [2.45, 2.75) is 19.3 Å². The summed E-state index contributed by atoms with van der Waals surface area (Å²) in [5.41, 5.74) is 1.61. The summed E-state index contributed by atoms with van der Waals surface area (Å²) >= 11 is 0. The molecule has 2 aromatic rings. The zero-order valence-corrected chi connectivity index (χ0v) is 14.0. The third-order valence-electron chi connectivity index (χ3n) is 4.43. The van der Waals surface area contributed by atoms with Crippen LogP contribution in [0.25, 0.3) is 11.1 Å². The Morgan fingerprint density at radius 1 is 0.960 bits per heavy atom. The van der Waals surface area contributed by atoms with E-state index in [4.69, 9.17) is 0 Å². The average molecular weight is 340 g/mol. The zero-order chi connectivity index (χ0) is 17.6. The first-order valence-electron chi connectivity index (χ1n) is 8.56. The molecule has 2 amide bonds. The number of hydrogen-bond acceptors (Lipinski definition) is 2. The standard InChI is InChI=1S/C20H21FN2O2/c21-18-10-9-16(15-7-3-1-4-8-15)13-17(18)20(25)22-14-19(24)23-11-5-2-6-12-23/h1,3-4,7-10,13H,2,5-6,11-12,14H2,(H,22,25). The normalized spacial score (nSPS) is 14.2. The van der Waals surface area contributed by atoms with Crippen molar-refractivity contribution >= 4 is 11.8 Å². The fourth-order valence-electron chi connectivity index (χ4n) is 3.02. The number of carbonyl (C=O) groups excluding carboxylic acids is 2. The molecule has 1 aliphatic rings. The van der Waals surface area contributed by atoms with E-state index in [9.17, 15) is 14.0 Å². The van der Waals surface area contributed by atoms with Gasteiger partial charge in [-0.1, -0.05) is 36.4 Å². The molecule has 1 N–H and O–H groups in total. The molecule has 0 atom stereocenters. The van der Waals surface area contributed by atoms with Gasteiger partial charge in [-0.15, -0.1) is 0 Å². The van der Waals surface area contributed by atoms with E-state index in [-0.39, 0.29) is 18.0 Å². The lowest BCUT2D eigenvalue weighted by Crippen LogP contribution is -2.42. The molecule has 4 nitrogen and oxygen atoms in total. The van der Waals surface area contributed by atoms with E-state index in [1.165, 1.54) is 12.1 Å². The molecule has 5 heteroatoms. The molecule has 2 aromatic carbocycles. The van der Waals surface area contributed by atoms with Gasteiger partial charge in [-0.3, -0.25) is 9.59 Å². The first-order valence-corrected chi connectivity index (χ1v) is 8.56. The van der Waals surface area contributed by atoms with Crippen molar-refractivity contribution in [1.29, 1.82) is 0 Å². The average Bonchev–Trinajstić information content (AvgIpc) is 2.67. The van der Waals surface area contributed by atoms with E-state index >= 15 is 0 Å². The second-order valence-electron chi connectivity index (χ2n) is 6.18. The monoisotopic (exact) mass is 340 g/mol. The summed E-state index contributed by atoms with van der Waals surface area (Å²) < 4.78 is 14.1. The number of benzene rings is 2. The van der Waals surface area contributed by atoms with Gasteiger partial charge in [0.25, 0.3) is 5.91 Å². The van der Waals surface area contributed by atoms with Gasteiger partial charge in [0, 0.05) is 13.1 Å². The summed E-state index contributed by atoms with van der Waals surface area (Å²) in [5, 5.41) is 2.55. The topological polar surface area (TPSA) is 49.4 Å². The molecule has 0 bridgehead atoms. The Kier molecular flexibility index (Phi) is 5.43. The van der Waals surface area contributed by atoms with Gasteiger partial charge in [0.1, 0.15) is 5.82 Å². The molecule has 0 saturated carbocycles. The minimum absolute atomic E-state index is 0.0483. The Morgan fingerprint density at radius 3 is 2.40 bits per heavy atom. The molecule has 0 aromatic heterocycles. The molecule has 0 aliphatic carbocycles. The molecule has 25 heavy (non-hydrogen) atoms. The van der Waals surface area contributed by atoms with E-state index in [1.807, 2.05) is 30.3 Å². The van der Waals surface area contributed by atoms with Crippen LogP contribution in [0.15, 0.2) is 48.5 Å². The molecular formula is C20H21FN2O2. The number of nitrogens with zero attached hydrogens (tertiary/aromatic N) is 1. The van der Waals surface area contributed by atoms with Gasteiger partial charge in [0.2, 0.25) is 5.91 Å². The molecule has 1 heterocycles. The van der Waals surface area contributed by atoms with Crippen LogP contribution in [0.1, 0.15) is 29.6 Å². The van der Waals surface area contributed by atoms with Crippen molar-refractivity contribution in [1.82, 2.24) is 10.2 Å². The van der Waals surface area contributed by atoms with Gasteiger partial charge in [-0.05, 0) is 42.5 Å². The smallest absolute Gasteiger partial charge is 0.254 e. The molecule has 130 valence electrons. The predicted molar refractivity (Wildman–Crippen MR) is 94.6 cm³/mol. The molecule has 1 fully saturated rings. The van der Waals surface area contributed by atoms with Crippen molar-refractivity contribution in [2.75, 3.05) is 19.6 Å². The van der Waals surface area contributed by atoms with E-state index < -0.39 is 11.7 Å². The Morgan fingerprint density at radius 2 is 1.68 bits per heavy atom. The Balaban J connectivity index is 1.68. The number of amides is 2. The SMILES string of the molecule is O=C(NCC(=O)N1CCCCC1)c1cc(-c2ccccc2)ccc1F.